The van der Waals surface area contributed by atoms with Crippen molar-refractivity contribution < 1.29 is 4.52 Å². The van der Waals surface area contributed by atoms with E-state index in [-0.39, 0.29) is 0 Å². The maximum Gasteiger partial charge on any atom is 0.266 e. The normalized spacial score (nSPS) is 10.9. The Balaban J connectivity index is 1.53. The van der Waals surface area contributed by atoms with E-state index in [2.05, 4.69) is 25.3 Å². The van der Waals surface area contributed by atoms with Gasteiger partial charge in [-0.1, -0.05) is 17.7 Å². The van der Waals surface area contributed by atoms with Crippen LogP contribution in [-0.2, 0) is 13.6 Å². The smallest absolute Gasteiger partial charge is 0.266 e. The minimum Gasteiger partial charge on any atom is -0.334 e. The number of nitrogens with zero attached hydrogens (tertiary/aromatic N) is 7. The minimum absolute atomic E-state index is 0.412. The SMILES string of the molecule is CN(Cc1nnc(-c2ccncc2)n1C)c1noc(-c2cccc(Cl)c2)n1. The second-order valence-corrected chi connectivity index (χ2v) is 6.44. The van der Waals surface area contributed by atoms with Crippen molar-refractivity contribution in [3.05, 3.63) is 59.6 Å². The number of hydrogen-bond donors (Lipinski definition) is 0. The number of anilines is 1. The number of benzene rings is 1. The first-order chi connectivity index (χ1) is 13.1. The van der Waals surface area contributed by atoms with Crippen molar-refractivity contribution in [2.45, 2.75) is 6.54 Å². The lowest BCUT2D eigenvalue weighted by Crippen LogP contribution is -2.20. The lowest BCUT2D eigenvalue weighted by Gasteiger charge is -2.13. The van der Waals surface area contributed by atoms with Gasteiger partial charge in [-0.2, -0.15) is 4.98 Å². The number of pyridine rings is 1. The molecule has 0 aliphatic carbocycles. The third-order valence-electron chi connectivity index (χ3n) is 4.11. The van der Waals surface area contributed by atoms with Crippen LogP contribution in [0.15, 0.2) is 53.3 Å². The fourth-order valence-corrected chi connectivity index (χ4v) is 2.83. The molecule has 0 saturated carbocycles. The maximum atomic E-state index is 6.02. The largest absolute Gasteiger partial charge is 0.334 e. The average Bonchev–Trinajstić information content (AvgIpc) is 3.31. The first-order valence-corrected chi connectivity index (χ1v) is 8.59. The van der Waals surface area contributed by atoms with E-state index in [0.717, 1.165) is 22.8 Å². The minimum atomic E-state index is 0.412. The molecule has 0 bridgehead atoms. The van der Waals surface area contributed by atoms with E-state index in [1.54, 1.807) is 24.5 Å². The van der Waals surface area contributed by atoms with Gasteiger partial charge in [0, 0.05) is 42.6 Å². The Bertz CT molecular complexity index is 1060. The standard InChI is InChI=1S/C18H16ClN7O/c1-25(18-21-17(27-24-18)13-4-3-5-14(19)10-13)11-15-22-23-16(26(15)2)12-6-8-20-9-7-12/h3-10H,11H2,1-2H3. The van der Waals surface area contributed by atoms with Crippen LogP contribution in [0, 0.1) is 0 Å². The summed E-state index contributed by atoms with van der Waals surface area (Å²) in [6.45, 7) is 0.475. The molecule has 8 nitrogen and oxygen atoms in total. The molecule has 3 heterocycles. The fraction of sp³-hybridized carbons (Fsp3) is 0.167. The van der Waals surface area contributed by atoms with Crippen molar-refractivity contribution in [3.63, 3.8) is 0 Å². The van der Waals surface area contributed by atoms with Crippen LogP contribution in [0.3, 0.4) is 0 Å². The zero-order chi connectivity index (χ0) is 18.8. The van der Waals surface area contributed by atoms with Crippen LogP contribution < -0.4 is 4.90 Å². The first kappa shape index (κ1) is 17.2. The molecular weight excluding hydrogens is 366 g/mol. The molecular formula is C18H16ClN7O. The molecule has 9 heteroatoms. The molecule has 4 aromatic rings. The Hall–Kier alpha value is -3.26. The Labute approximate surface area is 160 Å². The van der Waals surface area contributed by atoms with E-state index in [1.807, 2.05) is 47.8 Å². The molecule has 0 saturated heterocycles. The fourth-order valence-electron chi connectivity index (χ4n) is 2.64. The van der Waals surface area contributed by atoms with Gasteiger partial charge in [0.1, 0.15) is 0 Å². The van der Waals surface area contributed by atoms with Gasteiger partial charge in [0.25, 0.3) is 11.8 Å². The molecule has 1 aromatic carbocycles. The molecule has 0 unspecified atom stereocenters. The van der Waals surface area contributed by atoms with E-state index in [4.69, 9.17) is 16.1 Å². The monoisotopic (exact) mass is 381 g/mol. The van der Waals surface area contributed by atoms with Gasteiger partial charge < -0.3 is 14.0 Å². The van der Waals surface area contributed by atoms with Crippen LogP contribution in [0.25, 0.3) is 22.8 Å². The van der Waals surface area contributed by atoms with Gasteiger partial charge in [0.15, 0.2) is 11.6 Å². The summed E-state index contributed by atoms with van der Waals surface area (Å²) in [6.07, 6.45) is 3.46. The quantitative estimate of drug-likeness (QED) is 0.524. The molecule has 0 spiro atoms. The third-order valence-corrected chi connectivity index (χ3v) is 4.35. The summed E-state index contributed by atoms with van der Waals surface area (Å²) in [6, 6.07) is 11.1. The zero-order valence-corrected chi connectivity index (χ0v) is 15.5. The summed E-state index contributed by atoms with van der Waals surface area (Å²) in [7, 11) is 3.79. The number of hydrogen-bond acceptors (Lipinski definition) is 7. The molecule has 0 fully saturated rings. The van der Waals surface area contributed by atoms with E-state index in [0.29, 0.717) is 23.4 Å². The highest BCUT2D eigenvalue weighted by molar-refractivity contribution is 6.30. The Kier molecular flexibility index (Phi) is 4.55. The van der Waals surface area contributed by atoms with Gasteiger partial charge in [-0.3, -0.25) is 4.98 Å². The topological polar surface area (TPSA) is 85.8 Å². The van der Waals surface area contributed by atoms with Crippen molar-refractivity contribution in [1.29, 1.82) is 0 Å². The third kappa shape index (κ3) is 3.52. The second kappa shape index (κ2) is 7.16. The molecule has 0 atom stereocenters. The van der Waals surface area contributed by atoms with Crippen molar-refractivity contribution in [2.24, 2.45) is 7.05 Å². The molecule has 3 aromatic heterocycles. The molecule has 0 aliphatic rings. The van der Waals surface area contributed by atoms with Gasteiger partial charge in [0.05, 0.1) is 6.54 Å². The van der Waals surface area contributed by atoms with Crippen molar-refractivity contribution in [2.75, 3.05) is 11.9 Å². The number of aromatic nitrogens is 6. The lowest BCUT2D eigenvalue weighted by atomic mass is 10.2. The highest BCUT2D eigenvalue weighted by atomic mass is 35.5. The summed E-state index contributed by atoms with van der Waals surface area (Å²) in [5, 5.41) is 13.2. The van der Waals surface area contributed by atoms with Crippen molar-refractivity contribution in [1.82, 2.24) is 29.9 Å². The number of halogens is 1. The zero-order valence-electron chi connectivity index (χ0n) is 14.7. The van der Waals surface area contributed by atoms with Gasteiger partial charge in [-0.15, -0.1) is 10.2 Å². The Morgan fingerprint density at radius 3 is 2.70 bits per heavy atom. The van der Waals surface area contributed by atoms with Gasteiger partial charge in [0.2, 0.25) is 0 Å². The molecule has 0 radical (unpaired) electrons. The van der Waals surface area contributed by atoms with Crippen molar-refractivity contribution >= 4 is 17.5 Å². The second-order valence-electron chi connectivity index (χ2n) is 6.00. The molecule has 0 amide bonds. The maximum absolute atomic E-state index is 6.02. The van der Waals surface area contributed by atoms with E-state index in [9.17, 15) is 0 Å². The summed E-state index contributed by atoms with van der Waals surface area (Å²) in [5.74, 6) is 2.42. The van der Waals surface area contributed by atoms with Gasteiger partial charge >= 0.3 is 0 Å². The lowest BCUT2D eigenvalue weighted by molar-refractivity contribution is 0.429. The predicted octanol–water partition coefficient (Wildman–Crippen LogP) is 3.22. The molecule has 27 heavy (non-hydrogen) atoms. The number of rotatable bonds is 5. The van der Waals surface area contributed by atoms with Crippen molar-refractivity contribution in [3.8, 4) is 22.8 Å². The highest BCUT2D eigenvalue weighted by Crippen LogP contribution is 2.23. The Morgan fingerprint density at radius 1 is 1.11 bits per heavy atom. The summed E-state index contributed by atoms with van der Waals surface area (Å²) >= 11 is 6.02. The van der Waals surface area contributed by atoms with Gasteiger partial charge in [-0.05, 0) is 35.5 Å². The van der Waals surface area contributed by atoms with Crippen LogP contribution in [0.2, 0.25) is 5.02 Å². The van der Waals surface area contributed by atoms with E-state index >= 15 is 0 Å². The van der Waals surface area contributed by atoms with E-state index < -0.39 is 0 Å². The van der Waals surface area contributed by atoms with Gasteiger partial charge in [-0.25, -0.2) is 0 Å². The molecule has 0 aliphatic heterocycles. The Morgan fingerprint density at radius 2 is 1.93 bits per heavy atom. The first-order valence-electron chi connectivity index (χ1n) is 8.21. The molecule has 4 rings (SSSR count). The highest BCUT2D eigenvalue weighted by Gasteiger charge is 2.17. The van der Waals surface area contributed by atoms with Crippen LogP contribution in [0.4, 0.5) is 5.95 Å². The molecule has 136 valence electrons. The van der Waals surface area contributed by atoms with E-state index in [1.165, 1.54) is 0 Å². The summed E-state index contributed by atoms with van der Waals surface area (Å²) in [4.78, 5) is 10.3. The molecule has 0 N–H and O–H groups in total. The average molecular weight is 382 g/mol. The summed E-state index contributed by atoms with van der Waals surface area (Å²) in [5.41, 5.74) is 1.73. The van der Waals surface area contributed by atoms with Crippen LogP contribution in [0.1, 0.15) is 5.82 Å². The predicted molar refractivity (Wildman–Crippen MR) is 101 cm³/mol. The van der Waals surface area contributed by atoms with Crippen LogP contribution in [0.5, 0.6) is 0 Å². The summed E-state index contributed by atoms with van der Waals surface area (Å²) < 4.78 is 7.29. The van der Waals surface area contributed by atoms with Crippen LogP contribution in [-0.4, -0.2) is 36.9 Å². The van der Waals surface area contributed by atoms with Crippen LogP contribution >= 0.6 is 11.6 Å².